The molecule has 0 saturated heterocycles. The van der Waals surface area contributed by atoms with Gasteiger partial charge in [0.25, 0.3) is 0 Å². The van der Waals surface area contributed by atoms with E-state index in [4.69, 9.17) is 5.10 Å². The molecule has 0 fully saturated rings. The molecule has 6 heteroatoms. The Morgan fingerprint density at radius 2 is 1.38 bits per heavy atom. The van der Waals surface area contributed by atoms with Crippen molar-refractivity contribution in [2.75, 3.05) is 7.05 Å². The maximum absolute atomic E-state index is 13.0. The fourth-order valence-electron chi connectivity index (χ4n) is 3.17. The molecule has 29 heavy (non-hydrogen) atoms. The molecule has 0 bridgehead atoms. The molecular weight excluding hydrogens is 382 g/mol. The van der Waals surface area contributed by atoms with E-state index in [0.29, 0.717) is 0 Å². The zero-order valence-electron chi connectivity index (χ0n) is 16.0. The van der Waals surface area contributed by atoms with E-state index in [1.54, 1.807) is 42.1 Å². The van der Waals surface area contributed by atoms with Crippen LogP contribution in [0.15, 0.2) is 102 Å². The molecule has 0 aliphatic heterocycles. The van der Waals surface area contributed by atoms with Crippen LogP contribution >= 0.6 is 0 Å². The summed E-state index contributed by atoms with van der Waals surface area (Å²) in [4.78, 5) is 0.277. The van der Waals surface area contributed by atoms with E-state index in [9.17, 15) is 8.42 Å². The van der Waals surface area contributed by atoms with Gasteiger partial charge in [-0.15, -0.1) is 0 Å². The SMILES string of the molecule is CN(Cc1cn(-c2ccccc2)nc1-c1ccccc1)S(=O)(=O)c1ccccc1. The Bertz CT molecular complexity index is 1190. The third-order valence-corrected chi connectivity index (χ3v) is 6.52. The first kappa shape index (κ1) is 19.1. The van der Waals surface area contributed by atoms with Gasteiger partial charge in [0.2, 0.25) is 10.0 Å². The number of benzene rings is 3. The lowest BCUT2D eigenvalue weighted by molar-refractivity contribution is 0.467. The zero-order valence-corrected chi connectivity index (χ0v) is 16.8. The van der Waals surface area contributed by atoms with Gasteiger partial charge in [0, 0.05) is 30.9 Å². The molecule has 146 valence electrons. The van der Waals surface area contributed by atoms with Crippen molar-refractivity contribution in [1.82, 2.24) is 14.1 Å². The van der Waals surface area contributed by atoms with Crippen LogP contribution in [0.4, 0.5) is 0 Å². The van der Waals surface area contributed by atoms with E-state index in [1.165, 1.54) is 4.31 Å². The average molecular weight is 404 g/mol. The molecule has 1 heterocycles. The van der Waals surface area contributed by atoms with Crippen molar-refractivity contribution in [3.8, 4) is 16.9 Å². The van der Waals surface area contributed by atoms with Gasteiger partial charge in [-0.1, -0.05) is 66.7 Å². The van der Waals surface area contributed by atoms with E-state index >= 15 is 0 Å². The summed E-state index contributed by atoms with van der Waals surface area (Å²) >= 11 is 0. The van der Waals surface area contributed by atoms with Crippen molar-refractivity contribution in [3.05, 3.63) is 103 Å². The topological polar surface area (TPSA) is 55.2 Å². The second kappa shape index (κ2) is 8.03. The number of hydrogen-bond acceptors (Lipinski definition) is 3. The molecule has 0 aliphatic rings. The summed E-state index contributed by atoms with van der Waals surface area (Å²) in [7, 11) is -2.00. The lowest BCUT2D eigenvalue weighted by Gasteiger charge is -2.17. The zero-order chi connectivity index (χ0) is 20.3. The maximum atomic E-state index is 13.0. The van der Waals surface area contributed by atoms with Crippen LogP contribution in [0, 0.1) is 0 Å². The molecule has 0 radical (unpaired) electrons. The number of nitrogens with zero attached hydrogens (tertiary/aromatic N) is 3. The summed E-state index contributed by atoms with van der Waals surface area (Å²) in [6.45, 7) is 0.217. The molecule has 0 atom stereocenters. The quantitative estimate of drug-likeness (QED) is 0.481. The van der Waals surface area contributed by atoms with Gasteiger partial charge in [0.1, 0.15) is 0 Å². The van der Waals surface area contributed by atoms with E-state index in [-0.39, 0.29) is 11.4 Å². The fourth-order valence-corrected chi connectivity index (χ4v) is 4.34. The second-order valence-corrected chi connectivity index (χ2v) is 8.77. The number of aromatic nitrogens is 2. The van der Waals surface area contributed by atoms with Gasteiger partial charge in [0.15, 0.2) is 0 Å². The first-order valence-electron chi connectivity index (χ1n) is 9.26. The van der Waals surface area contributed by atoms with Gasteiger partial charge in [-0.3, -0.25) is 0 Å². The molecule has 0 amide bonds. The third kappa shape index (κ3) is 3.99. The van der Waals surface area contributed by atoms with Gasteiger partial charge in [-0.05, 0) is 24.3 Å². The normalized spacial score (nSPS) is 11.7. The molecular formula is C23H21N3O2S. The van der Waals surface area contributed by atoms with Crippen molar-refractivity contribution in [1.29, 1.82) is 0 Å². The molecule has 0 aliphatic carbocycles. The summed E-state index contributed by atoms with van der Waals surface area (Å²) < 4.78 is 29.1. The van der Waals surface area contributed by atoms with Crippen molar-refractivity contribution >= 4 is 10.0 Å². The highest BCUT2D eigenvalue weighted by Gasteiger charge is 2.23. The average Bonchev–Trinajstić information content (AvgIpc) is 3.19. The Morgan fingerprint density at radius 1 is 0.828 bits per heavy atom. The van der Waals surface area contributed by atoms with Crippen LogP contribution < -0.4 is 0 Å². The van der Waals surface area contributed by atoms with Crippen LogP contribution in [0.3, 0.4) is 0 Å². The minimum atomic E-state index is -3.60. The number of sulfonamides is 1. The summed E-state index contributed by atoms with van der Waals surface area (Å²) in [6.07, 6.45) is 1.90. The first-order chi connectivity index (χ1) is 14.1. The Balaban J connectivity index is 1.73. The van der Waals surface area contributed by atoms with Crippen LogP contribution in [-0.4, -0.2) is 29.6 Å². The second-order valence-electron chi connectivity index (χ2n) is 6.72. The largest absolute Gasteiger partial charge is 0.243 e. The lowest BCUT2D eigenvalue weighted by Crippen LogP contribution is -2.26. The number of hydrogen-bond donors (Lipinski definition) is 0. The fraction of sp³-hybridized carbons (Fsp3) is 0.0870. The summed E-state index contributed by atoms with van der Waals surface area (Å²) in [6, 6.07) is 28.1. The van der Waals surface area contributed by atoms with Crippen molar-refractivity contribution in [2.45, 2.75) is 11.4 Å². The van der Waals surface area contributed by atoms with E-state index < -0.39 is 10.0 Å². The van der Waals surface area contributed by atoms with Crippen molar-refractivity contribution in [2.24, 2.45) is 0 Å². The lowest BCUT2D eigenvalue weighted by atomic mass is 10.1. The molecule has 4 aromatic rings. The van der Waals surface area contributed by atoms with Crippen molar-refractivity contribution in [3.63, 3.8) is 0 Å². The summed E-state index contributed by atoms with van der Waals surface area (Å²) in [5.41, 5.74) is 3.47. The Morgan fingerprint density at radius 3 is 2.00 bits per heavy atom. The smallest absolute Gasteiger partial charge is 0.240 e. The summed E-state index contributed by atoms with van der Waals surface area (Å²) in [5, 5.41) is 4.75. The Labute approximate surface area is 170 Å². The van der Waals surface area contributed by atoms with Gasteiger partial charge >= 0.3 is 0 Å². The highest BCUT2D eigenvalue weighted by Crippen LogP contribution is 2.26. The summed E-state index contributed by atoms with van der Waals surface area (Å²) in [5.74, 6) is 0. The van der Waals surface area contributed by atoms with E-state index in [2.05, 4.69) is 0 Å². The minimum Gasteiger partial charge on any atom is -0.240 e. The van der Waals surface area contributed by atoms with Crippen LogP contribution in [0.25, 0.3) is 16.9 Å². The van der Waals surface area contributed by atoms with Crippen molar-refractivity contribution < 1.29 is 8.42 Å². The van der Waals surface area contributed by atoms with Gasteiger partial charge < -0.3 is 0 Å². The van der Waals surface area contributed by atoms with Gasteiger partial charge in [0.05, 0.1) is 16.3 Å². The van der Waals surface area contributed by atoms with E-state index in [1.807, 2.05) is 66.9 Å². The van der Waals surface area contributed by atoms with E-state index in [0.717, 1.165) is 22.5 Å². The highest BCUT2D eigenvalue weighted by molar-refractivity contribution is 7.89. The highest BCUT2D eigenvalue weighted by atomic mass is 32.2. The molecule has 0 saturated carbocycles. The molecule has 4 rings (SSSR count). The predicted molar refractivity (Wildman–Crippen MR) is 114 cm³/mol. The van der Waals surface area contributed by atoms with Crippen LogP contribution in [0.2, 0.25) is 0 Å². The van der Waals surface area contributed by atoms with Gasteiger partial charge in [-0.2, -0.15) is 9.40 Å². The molecule has 1 aromatic heterocycles. The molecule has 5 nitrogen and oxygen atoms in total. The molecule has 0 spiro atoms. The molecule has 0 unspecified atom stereocenters. The van der Waals surface area contributed by atoms with Crippen LogP contribution in [0.5, 0.6) is 0 Å². The molecule has 0 N–H and O–H groups in total. The Hall–Kier alpha value is -3.22. The predicted octanol–water partition coefficient (Wildman–Crippen LogP) is 4.36. The minimum absolute atomic E-state index is 0.217. The third-order valence-electron chi connectivity index (χ3n) is 4.70. The molecule has 3 aromatic carbocycles. The standard InChI is InChI=1S/C23H21N3O2S/c1-25(29(27,28)22-15-9-4-10-16-22)17-20-18-26(21-13-7-3-8-14-21)24-23(20)19-11-5-2-6-12-19/h2-16,18H,17H2,1H3. The number of para-hydroxylation sites is 1. The Kier molecular flexibility index (Phi) is 5.29. The van der Waals surface area contributed by atoms with Crippen LogP contribution in [0.1, 0.15) is 5.56 Å². The van der Waals surface area contributed by atoms with Crippen LogP contribution in [-0.2, 0) is 16.6 Å². The monoisotopic (exact) mass is 403 g/mol. The maximum Gasteiger partial charge on any atom is 0.243 e. The van der Waals surface area contributed by atoms with Gasteiger partial charge in [-0.25, -0.2) is 13.1 Å². The first-order valence-corrected chi connectivity index (χ1v) is 10.7. The number of rotatable bonds is 6.